The maximum absolute atomic E-state index is 3.48. The van der Waals surface area contributed by atoms with Crippen LogP contribution in [-0.4, -0.2) is 54.5 Å². The molecule has 13 heavy (non-hydrogen) atoms. The van der Waals surface area contributed by atoms with Gasteiger partial charge in [0.05, 0.1) is 0 Å². The zero-order chi connectivity index (χ0) is 10.3. The van der Waals surface area contributed by atoms with Crippen molar-refractivity contribution in [3.63, 3.8) is 0 Å². The van der Waals surface area contributed by atoms with E-state index in [0.29, 0.717) is 6.04 Å². The Bertz CT molecular complexity index is 115. The lowest BCUT2D eigenvalue weighted by molar-refractivity contribution is 0.278. The summed E-state index contributed by atoms with van der Waals surface area (Å²) in [7, 11) is 5.08. The van der Waals surface area contributed by atoms with Crippen LogP contribution in [0.25, 0.3) is 0 Å². The van der Waals surface area contributed by atoms with Crippen LogP contribution in [0.1, 0.15) is 13.8 Å². The van der Waals surface area contributed by atoms with Gasteiger partial charge >= 0.3 is 0 Å². The second-order valence-corrected chi connectivity index (χ2v) is 5.97. The summed E-state index contributed by atoms with van der Waals surface area (Å²) in [6.07, 6.45) is 0. The quantitative estimate of drug-likeness (QED) is 0.469. The van der Waals surface area contributed by atoms with Gasteiger partial charge in [0.15, 0.2) is 0 Å². The maximum atomic E-state index is 3.48. The van der Waals surface area contributed by atoms with Crippen LogP contribution in [-0.2, 0) is 0 Å². The van der Waals surface area contributed by atoms with Crippen molar-refractivity contribution in [2.24, 2.45) is 0 Å². The van der Waals surface area contributed by atoms with Crippen LogP contribution in [0.3, 0.4) is 0 Å². The van der Waals surface area contributed by atoms with Gasteiger partial charge < -0.3 is 19.8 Å². The van der Waals surface area contributed by atoms with Crippen LogP contribution in [0, 0.1) is 0 Å². The third-order valence-corrected chi connectivity index (χ3v) is 4.12. The van der Waals surface area contributed by atoms with Gasteiger partial charge in [-0.2, -0.15) is 0 Å². The first-order valence-corrected chi connectivity index (χ1v) is 6.63. The summed E-state index contributed by atoms with van der Waals surface area (Å²) >= 11 is 0. The zero-order valence-electron chi connectivity index (χ0n) is 9.52. The van der Waals surface area contributed by atoms with Gasteiger partial charge in [0.25, 0.3) is 9.28 Å². The summed E-state index contributed by atoms with van der Waals surface area (Å²) in [6, 6.07) is 0.631. The van der Waals surface area contributed by atoms with E-state index in [2.05, 4.69) is 40.7 Å². The van der Waals surface area contributed by atoms with E-state index in [-0.39, 0.29) is 0 Å². The number of hydrogen-bond donors (Lipinski definition) is 3. The second kappa shape index (κ2) is 7.46. The van der Waals surface area contributed by atoms with E-state index in [9.17, 15) is 0 Å². The molecule has 0 unspecified atom stereocenters. The molecule has 0 rings (SSSR count). The molecule has 0 fully saturated rings. The van der Waals surface area contributed by atoms with Crippen molar-refractivity contribution in [1.29, 1.82) is 0 Å². The van der Waals surface area contributed by atoms with Gasteiger partial charge in [0, 0.05) is 19.1 Å². The molecule has 0 saturated heterocycles. The van der Waals surface area contributed by atoms with Crippen LogP contribution in [0.15, 0.2) is 0 Å². The van der Waals surface area contributed by atoms with E-state index in [4.69, 9.17) is 0 Å². The summed E-state index contributed by atoms with van der Waals surface area (Å²) in [5.41, 5.74) is 0. The summed E-state index contributed by atoms with van der Waals surface area (Å²) in [5.74, 6) is 0. The maximum Gasteiger partial charge on any atom is 0.264 e. The highest BCUT2D eigenvalue weighted by Gasteiger charge is 2.06. The Balaban J connectivity index is 3.43. The molecule has 0 aromatic heterocycles. The lowest BCUT2D eigenvalue weighted by Crippen LogP contribution is -2.56. The topological polar surface area (TPSA) is 39.3 Å². The van der Waals surface area contributed by atoms with E-state index in [1.54, 1.807) is 0 Å². The predicted octanol–water partition coefficient (Wildman–Crippen LogP) is -0.928. The fourth-order valence-electron chi connectivity index (χ4n) is 0.992. The minimum atomic E-state index is -1.06. The van der Waals surface area contributed by atoms with Gasteiger partial charge in [-0.3, -0.25) is 0 Å². The number of hydrogen-bond acceptors (Lipinski definition) is 4. The van der Waals surface area contributed by atoms with Crippen molar-refractivity contribution in [3.05, 3.63) is 0 Å². The van der Waals surface area contributed by atoms with Gasteiger partial charge in [-0.05, 0) is 35.0 Å². The van der Waals surface area contributed by atoms with E-state index >= 15 is 0 Å². The van der Waals surface area contributed by atoms with Crippen molar-refractivity contribution >= 4 is 9.28 Å². The van der Waals surface area contributed by atoms with Crippen molar-refractivity contribution in [3.8, 4) is 0 Å². The SMILES string of the molecule is CN[SiH](NC)NCCN(C)C(C)C. The predicted molar refractivity (Wildman–Crippen MR) is 61.0 cm³/mol. The third kappa shape index (κ3) is 6.17. The van der Waals surface area contributed by atoms with Crippen LogP contribution < -0.4 is 14.9 Å². The number of likely N-dealkylation sites (N-methyl/N-ethyl adjacent to an activating group) is 1. The first-order valence-electron chi connectivity index (χ1n) is 4.90. The smallest absolute Gasteiger partial charge is 0.264 e. The van der Waals surface area contributed by atoms with Crippen molar-refractivity contribution < 1.29 is 0 Å². The van der Waals surface area contributed by atoms with E-state index in [0.717, 1.165) is 13.1 Å². The molecule has 0 atom stereocenters. The molecule has 0 aliphatic rings. The van der Waals surface area contributed by atoms with Gasteiger partial charge in [-0.25, -0.2) is 0 Å². The minimum Gasteiger partial charge on any atom is -0.319 e. The molecule has 0 radical (unpaired) electrons. The van der Waals surface area contributed by atoms with E-state index in [1.807, 2.05) is 14.1 Å². The summed E-state index contributed by atoms with van der Waals surface area (Å²) in [5, 5.41) is 0. The van der Waals surface area contributed by atoms with Gasteiger partial charge in [0.2, 0.25) is 0 Å². The van der Waals surface area contributed by atoms with Gasteiger partial charge in [-0.15, -0.1) is 0 Å². The van der Waals surface area contributed by atoms with Gasteiger partial charge in [-0.1, -0.05) is 0 Å². The molecule has 4 nitrogen and oxygen atoms in total. The highest BCUT2D eigenvalue weighted by atomic mass is 28.3. The molecule has 0 spiro atoms. The molecule has 0 heterocycles. The Hall–Kier alpha value is 0.0569. The van der Waals surface area contributed by atoms with Gasteiger partial charge in [0.1, 0.15) is 0 Å². The Morgan fingerprint density at radius 1 is 1.23 bits per heavy atom. The number of nitrogens with zero attached hydrogens (tertiary/aromatic N) is 1. The summed E-state index contributed by atoms with van der Waals surface area (Å²) in [4.78, 5) is 12.3. The van der Waals surface area contributed by atoms with E-state index < -0.39 is 9.28 Å². The van der Waals surface area contributed by atoms with E-state index in [1.165, 1.54) is 0 Å². The fraction of sp³-hybridized carbons (Fsp3) is 1.00. The minimum absolute atomic E-state index is 0.631. The van der Waals surface area contributed by atoms with Crippen LogP contribution in [0.4, 0.5) is 0 Å². The number of rotatable bonds is 7. The standard InChI is InChI=1S/C8H24N4Si/c1-8(2)12(5)7-6-11-13(9-3)10-4/h8-11,13H,6-7H2,1-5H3. The van der Waals surface area contributed by atoms with Crippen LogP contribution in [0.5, 0.6) is 0 Å². The molecular formula is C8H24N4Si. The zero-order valence-corrected chi connectivity index (χ0v) is 10.7. The molecule has 0 aromatic rings. The Morgan fingerprint density at radius 3 is 2.15 bits per heavy atom. The lowest BCUT2D eigenvalue weighted by Gasteiger charge is -2.22. The van der Waals surface area contributed by atoms with Crippen molar-refractivity contribution in [2.45, 2.75) is 19.9 Å². The molecule has 0 saturated carbocycles. The molecular weight excluding hydrogens is 180 g/mol. The molecule has 80 valence electrons. The normalized spacial score (nSPS) is 12.0. The highest BCUT2D eigenvalue weighted by molar-refractivity contribution is 6.50. The molecule has 0 aliphatic heterocycles. The second-order valence-electron chi connectivity index (χ2n) is 3.54. The Morgan fingerprint density at radius 2 is 1.77 bits per heavy atom. The fourth-order valence-corrected chi connectivity index (χ4v) is 2.11. The van der Waals surface area contributed by atoms with Crippen LogP contribution in [0.2, 0.25) is 0 Å². The largest absolute Gasteiger partial charge is 0.319 e. The molecule has 5 heteroatoms. The Kier molecular flexibility index (Phi) is 7.49. The van der Waals surface area contributed by atoms with Crippen molar-refractivity contribution in [1.82, 2.24) is 19.8 Å². The first kappa shape index (κ1) is 13.1. The average molecular weight is 204 g/mol. The summed E-state index contributed by atoms with van der Waals surface area (Å²) < 4.78 is 0. The molecule has 0 amide bonds. The van der Waals surface area contributed by atoms with Crippen LogP contribution >= 0.6 is 0 Å². The summed E-state index contributed by atoms with van der Waals surface area (Å²) in [6.45, 7) is 6.58. The lowest BCUT2D eigenvalue weighted by atomic mass is 10.3. The average Bonchev–Trinajstić information content (AvgIpc) is 2.12. The first-order chi connectivity index (χ1) is 6.11. The molecule has 0 bridgehead atoms. The highest BCUT2D eigenvalue weighted by Crippen LogP contribution is 1.90. The molecule has 0 aromatic carbocycles. The Labute approximate surface area is 83.9 Å². The van der Waals surface area contributed by atoms with Crippen molar-refractivity contribution in [2.75, 3.05) is 34.2 Å². The molecule has 0 aliphatic carbocycles. The molecule has 3 N–H and O–H groups in total. The number of nitrogens with one attached hydrogen (secondary N) is 3. The third-order valence-electron chi connectivity index (χ3n) is 2.27. The monoisotopic (exact) mass is 204 g/mol.